The number of rotatable bonds is 9. The summed E-state index contributed by atoms with van der Waals surface area (Å²) < 4.78 is 3.03. The first-order chi connectivity index (χ1) is 19.1. The summed E-state index contributed by atoms with van der Waals surface area (Å²) in [5.41, 5.74) is 2.50. The number of carbonyl (C=O) groups excluding carboxylic acids is 1. The molecule has 1 unspecified atom stereocenters. The summed E-state index contributed by atoms with van der Waals surface area (Å²) >= 11 is 9.63. The van der Waals surface area contributed by atoms with E-state index in [9.17, 15) is 4.79 Å². The SMILES string of the molecule is CCC(c1nnnn1Cc1cccs1)N1CCN(c2nc3ccc(CC(=O)c4ccccc4Cl)cc3s2)CC1. The summed E-state index contributed by atoms with van der Waals surface area (Å²) in [4.78, 5) is 23.8. The standard InChI is InChI=1S/C28H28ClN7OS2/c1-2-24(27-31-32-33-36(27)18-20-6-5-15-38-20)34-11-13-35(14-12-34)28-30-23-10-9-19(17-26(23)39-28)16-25(37)21-7-3-4-8-22(21)29/h3-10,15,17,24H,2,11-14,16,18H2,1H3. The number of piperazine rings is 1. The predicted octanol–water partition coefficient (Wildman–Crippen LogP) is 5.74. The number of tetrazole rings is 1. The molecule has 3 aromatic heterocycles. The summed E-state index contributed by atoms with van der Waals surface area (Å²) in [6, 6.07) is 17.7. The van der Waals surface area contributed by atoms with Gasteiger partial charge in [-0.25, -0.2) is 9.67 Å². The fourth-order valence-corrected chi connectivity index (χ4v) is 7.12. The van der Waals surface area contributed by atoms with E-state index in [2.05, 4.69) is 55.8 Å². The first kappa shape index (κ1) is 26.1. The third kappa shape index (κ3) is 5.60. The summed E-state index contributed by atoms with van der Waals surface area (Å²) in [7, 11) is 0. The maximum absolute atomic E-state index is 12.8. The molecule has 1 saturated heterocycles. The zero-order valence-electron chi connectivity index (χ0n) is 21.5. The number of nitrogens with zero attached hydrogens (tertiary/aromatic N) is 7. The van der Waals surface area contributed by atoms with Crippen LogP contribution in [-0.4, -0.2) is 62.1 Å². The Bertz CT molecular complexity index is 1570. The van der Waals surface area contributed by atoms with Gasteiger partial charge in [0.1, 0.15) is 0 Å². The van der Waals surface area contributed by atoms with Gasteiger partial charge >= 0.3 is 0 Å². The molecule has 0 spiro atoms. The number of fused-ring (bicyclic) bond motifs is 1. The maximum Gasteiger partial charge on any atom is 0.186 e. The minimum Gasteiger partial charge on any atom is -0.345 e. The van der Waals surface area contributed by atoms with Gasteiger partial charge in [0, 0.05) is 43.0 Å². The number of thiazole rings is 1. The van der Waals surface area contributed by atoms with Gasteiger partial charge in [0.25, 0.3) is 0 Å². The Morgan fingerprint density at radius 2 is 1.92 bits per heavy atom. The van der Waals surface area contributed by atoms with Gasteiger partial charge in [0.05, 0.1) is 27.8 Å². The minimum absolute atomic E-state index is 0.0210. The number of ketones is 1. The monoisotopic (exact) mass is 577 g/mol. The van der Waals surface area contributed by atoms with Crippen LogP contribution in [0.1, 0.15) is 46.0 Å². The van der Waals surface area contributed by atoms with Crippen molar-refractivity contribution in [2.24, 2.45) is 0 Å². The molecule has 0 radical (unpaired) electrons. The summed E-state index contributed by atoms with van der Waals surface area (Å²) in [5.74, 6) is 0.950. The number of anilines is 1. The zero-order chi connectivity index (χ0) is 26.8. The highest BCUT2D eigenvalue weighted by molar-refractivity contribution is 7.22. The van der Waals surface area contributed by atoms with Crippen LogP contribution in [0.2, 0.25) is 5.02 Å². The lowest BCUT2D eigenvalue weighted by Gasteiger charge is -2.38. The number of aromatic nitrogens is 5. The van der Waals surface area contributed by atoms with Crippen LogP contribution in [0, 0.1) is 0 Å². The Labute approximate surface area is 239 Å². The molecule has 0 saturated carbocycles. The van der Waals surface area contributed by atoms with Gasteiger partial charge in [-0.3, -0.25) is 9.69 Å². The molecule has 4 heterocycles. The molecular weight excluding hydrogens is 550 g/mol. The third-order valence-corrected chi connectivity index (χ3v) is 9.41. The van der Waals surface area contributed by atoms with Gasteiger partial charge in [-0.2, -0.15) is 0 Å². The third-order valence-electron chi connectivity index (χ3n) is 7.14. The van der Waals surface area contributed by atoms with Gasteiger partial charge in [-0.15, -0.1) is 16.4 Å². The van der Waals surface area contributed by atoms with Gasteiger partial charge < -0.3 is 4.90 Å². The molecule has 39 heavy (non-hydrogen) atoms. The summed E-state index contributed by atoms with van der Waals surface area (Å²) in [6.45, 7) is 6.51. The molecule has 2 aromatic carbocycles. The van der Waals surface area contributed by atoms with Crippen LogP contribution in [0.25, 0.3) is 10.2 Å². The zero-order valence-corrected chi connectivity index (χ0v) is 23.9. The molecule has 11 heteroatoms. The average molecular weight is 578 g/mol. The van der Waals surface area contributed by atoms with Crippen LogP contribution >= 0.6 is 34.3 Å². The van der Waals surface area contributed by atoms with E-state index in [0.29, 0.717) is 23.6 Å². The Morgan fingerprint density at radius 3 is 2.69 bits per heavy atom. The fourth-order valence-electron chi connectivity index (χ4n) is 5.11. The van der Waals surface area contributed by atoms with E-state index in [-0.39, 0.29) is 11.8 Å². The molecule has 5 aromatic rings. The van der Waals surface area contributed by atoms with Crippen molar-refractivity contribution in [3.05, 3.63) is 86.8 Å². The molecule has 0 N–H and O–H groups in total. The largest absolute Gasteiger partial charge is 0.345 e. The van der Waals surface area contributed by atoms with Gasteiger partial charge in [-0.1, -0.05) is 54.1 Å². The van der Waals surface area contributed by atoms with Crippen molar-refractivity contribution in [2.75, 3.05) is 31.1 Å². The average Bonchev–Trinajstić information content (AvgIpc) is 3.72. The normalized spacial score (nSPS) is 15.2. The number of carbonyl (C=O) groups is 1. The predicted molar refractivity (Wildman–Crippen MR) is 157 cm³/mol. The molecule has 6 rings (SSSR count). The Balaban J connectivity index is 1.12. The van der Waals surface area contributed by atoms with Gasteiger partial charge in [0.2, 0.25) is 0 Å². The molecule has 200 valence electrons. The lowest BCUT2D eigenvalue weighted by molar-refractivity contribution is 0.0993. The van der Waals surface area contributed by atoms with Crippen molar-refractivity contribution in [1.29, 1.82) is 0 Å². The summed E-state index contributed by atoms with van der Waals surface area (Å²) in [5, 5.41) is 16.3. The van der Waals surface area contributed by atoms with E-state index >= 15 is 0 Å². The molecule has 1 atom stereocenters. The second-order valence-corrected chi connectivity index (χ2v) is 12.0. The molecular formula is C28H28ClN7OS2. The minimum atomic E-state index is 0.0210. The van der Waals surface area contributed by atoms with Crippen molar-refractivity contribution in [2.45, 2.75) is 32.4 Å². The quantitative estimate of drug-likeness (QED) is 0.206. The second kappa shape index (κ2) is 11.5. The maximum atomic E-state index is 12.8. The second-order valence-electron chi connectivity index (χ2n) is 9.60. The van der Waals surface area contributed by atoms with Crippen LogP contribution in [-0.2, 0) is 13.0 Å². The Morgan fingerprint density at radius 1 is 1.08 bits per heavy atom. The fraction of sp³-hybridized carbons (Fsp3) is 0.321. The highest BCUT2D eigenvalue weighted by atomic mass is 35.5. The van der Waals surface area contributed by atoms with Crippen LogP contribution in [0.3, 0.4) is 0 Å². The molecule has 1 aliphatic rings. The number of benzene rings is 2. The van der Waals surface area contributed by atoms with Crippen LogP contribution in [0.15, 0.2) is 60.0 Å². The van der Waals surface area contributed by atoms with E-state index in [4.69, 9.17) is 16.6 Å². The molecule has 0 amide bonds. The Hall–Kier alpha value is -3.18. The van der Waals surface area contributed by atoms with Crippen LogP contribution < -0.4 is 4.90 Å². The van der Waals surface area contributed by atoms with Crippen LogP contribution in [0.5, 0.6) is 0 Å². The van der Waals surface area contributed by atoms with Crippen molar-refractivity contribution in [3.63, 3.8) is 0 Å². The van der Waals surface area contributed by atoms with Crippen molar-refractivity contribution in [3.8, 4) is 0 Å². The smallest absolute Gasteiger partial charge is 0.186 e. The van der Waals surface area contributed by atoms with E-state index in [1.165, 1.54) is 4.88 Å². The number of hydrogen-bond donors (Lipinski definition) is 0. The van der Waals surface area contributed by atoms with E-state index < -0.39 is 0 Å². The van der Waals surface area contributed by atoms with Crippen molar-refractivity contribution < 1.29 is 4.79 Å². The van der Waals surface area contributed by atoms with Crippen LogP contribution in [0.4, 0.5) is 5.13 Å². The van der Waals surface area contributed by atoms with Crippen molar-refractivity contribution >= 4 is 55.4 Å². The van der Waals surface area contributed by atoms with E-state index in [1.807, 2.05) is 28.9 Å². The number of Topliss-reactive ketones (excluding diaryl/α,β-unsaturated/α-hetero) is 1. The lowest BCUT2D eigenvalue weighted by Crippen LogP contribution is -2.48. The Kier molecular flexibility index (Phi) is 7.69. The lowest BCUT2D eigenvalue weighted by atomic mass is 10.0. The van der Waals surface area contributed by atoms with Gasteiger partial charge in [0.15, 0.2) is 16.7 Å². The van der Waals surface area contributed by atoms with E-state index in [0.717, 1.165) is 59.3 Å². The van der Waals surface area contributed by atoms with E-state index in [1.54, 1.807) is 34.8 Å². The molecule has 1 aliphatic heterocycles. The molecule has 0 bridgehead atoms. The molecule has 0 aliphatic carbocycles. The summed E-state index contributed by atoms with van der Waals surface area (Å²) in [6.07, 6.45) is 1.26. The molecule has 1 fully saturated rings. The number of halogens is 1. The topological polar surface area (TPSA) is 80.0 Å². The highest BCUT2D eigenvalue weighted by Gasteiger charge is 2.29. The van der Waals surface area contributed by atoms with Gasteiger partial charge in [-0.05, 0) is 58.1 Å². The number of thiophene rings is 1. The first-order valence-corrected chi connectivity index (χ1v) is 15.1. The van der Waals surface area contributed by atoms with Crippen molar-refractivity contribution in [1.82, 2.24) is 30.1 Å². The number of hydrogen-bond acceptors (Lipinski definition) is 9. The highest BCUT2D eigenvalue weighted by Crippen LogP contribution is 2.32. The first-order valence-electron chi connectivity index (χ1n) is 13.0. The molecule has 8 nitrogen and oxygen atoms in total.